The van der Waals surface area contributed by atoms with Gasteiger partial charge in [0.15, 0.2) is 0 Å². The van der Waals surface area contributed by atoms with Gasteiger partial charge in [-0.2, -0.15) is 0 Å². The van der Waals surface area contributed by atoms with Crippen molar-refractivity contribution in [2.75, 3.05) is 0 Å². The third-order valence-electron chi connectivity index (χ3n) is 8.12. The Labute approximate surface area is 295 Å². The van der Waals surface area contributed by atoms with Gasteiger partial charge in [0.2, 0.25) is 0 Å². The molecule has 239 valence electrons. The Morgan fingerprint density at radius 1 is 0.646 bits per heavy atom. The SMILES string of the molecule is CC(C)(C)Cc1ccc(-c2ccnc(-c3[c-]cccc3)c2)cc1.Cc1cc2ccc3c4cc[c-]c(-c5ccccn5)c4oc3c2cn1.[Ir]. The van der Waals surface area contributed by atoms with E-state index in [1.165, 1.54) is 16.7 Å². The molecule has 0 atom stereocenters. The van der Waals surface area contributed by atoms with Crippen LogP contribution in [0.5, 0.6) is 0 Å². The number of furan rings is 1. The summed E-state index contributed by atoms with van der Waals surface area (Å²) >= 11 is 0. The van der Waals surface area contributed by atoms with Crippen molar-refractivity contribution in [1.82, 2.24) is 15.0 Å². The second kappa shape index (κ2) is 14.0. The number of pyridine rings is 3. The first-order valence-corrected chi connectivity index (χ1v) is 15.9. The second-order valence-electron chi connectivity index (χ2n) is 13.0. The summed E-state index contributed by atoms with van der Waals surface area (Å²) in [6.45, 7) is 8.81. The van der Waals surface area contributed by atoms with E-state index in [4.69, 9.17) is 4.42 Å². The van der Waals surface area contributed by atoms with Gasteiger partial charge in [-0.25, -0.2) is 0 Å². The second-order valence-corrected chi connectivity index (χ2v) is 13.0. The smallest absolute Gasteiger partial charge is 0.130 e. The van der Waals surface area contributed by atoms with Crippen LogP contribution in [0.15, 0.2) is 132 Å². The van der Waals surface area contributed by atoms with Crippen LogP contribution in [-0.2, 0) is 26.5 Å². The van der Waals surface area contributed by atoms with Gasteiger partial charge < -0.3 is 14.4 Å². The topological polar surface area (TPSA) is 51.8 Å². The molecule has 0 N–H and O–H groups in total. The van der Waals surface area contributed by atoms with Gasteiger partial charge in [0, 0.05) is 55.2 Å². The zero-order chi connectivity index (χ0) is 32.4. The van der Waals surface area contributed by atoms with Gasteiger partial charge in [-0.1, -0.05) is 86.3 Å². The van der Waals surface area contributed by atoms with Crippen LogP contribution >= 0.6 is 0 Å². The van der Waals surface area contributed by atoms with Gasteiger partial charge >= 0.3 is 0 Å². The molecule has 48 heavy (non-hydrogen) atoms. The number of hydrogen-bond acceptors (Lipinski definition) is 4. The largest absolute Gasteiger partial charge is 0.500 e. The molecule has 8 rings (SSSR count). The maximum absolute atomic E-state index is 6.28. The molecular formula is C43H35IrN3O-2. The standard InChI is InChI=1S/C22H22N.C21H13N2O.Ir/c1-22(2,3)16-17-9-11-18(12-10-17)20-13-14-23-21(15-20)19-7-5-4-6-8-19;1-13-11-14-8-9-16-15-5-4-6-17(19-7-2-3-10-22-19)20(15)24-21(16)18(14)12-23-13;/h4-7,9-15H,16H2,1-3H3;2-5,7-12H,1H3;/q2*-1;. The van der Waals surface area contributed by atoms with E-state index in [-0.39, 0.29) is 20.1 Å². The molecule has 0 aliphatic rings. The van der Waals surface area contributed by atoms with Gasteiger partial charge in [-0.05, 0) is 70.4 Å². The Bertz CT molecular complexity index is 2310. The molecule has 0 aliphatic heterocycles. The molecule has 0 amide bonds. The first-order chi connectivity index (χ1) is 22.8. The molecule has 4 heterocycles. The fourth-order valence-corrected chi connectivity index (χ4v) is 5.97. The molecular weight excluding hydrogens is 767 g/mol. The number of aryl methyl sites for hydroxylation is 1. The molecule has 4 nitrogen and oxygen atoms in total. The van der Waals surface area contributed by atoms with Gasteiger partial charge in [0.1, 0.15) is 5.58 Å². The minimum Gasteiger partial charge on any atom is -0.500 e. The van der Waals surface area contributed by atoms with Gasteiger partial charge in [0.05, 0.1) is 5.58 Å². The molecule has 1 radical (unpaired) electrons. The summed E-state index contributed by atoms with van der Waals surface area (Å²) in [4.78, 5) is 13.3. The molecule has 0 unspecified atom stereocenters. The van der Waals surface area contributed by atoms with E-state index in [2.05, 4.69) is 102 Å². The van der Waals surface area contributed by atoms with Crippen molar-refractivity contribution in [2.45, 2.75) is 34.1 Å². The summed E-state index contributed by atoms with van der Waals surface area (Å²) in [7, 11) is 0. The maximum Gasteiger partial charge on any atom is 0.130 e. The minimum atomic E-state index is 0. The fraction of sp³-hybridized carbons (Fsp3) is 0.140. The average molecular weight is 802 g/mol. The van der Waals surface area contributed by atoms with E-state index in [9.17, 15) is 0 Å². The van der Waals surface area contributed by atoms with Crippen LogP contribution in [0.25, 0.3) is 66.4 Å². The van der Waals surface area contributed by atoms with Gasteiger partial charge in [0.25, 0.3) is 0 Å². The van der Waals surface area contributed by atoms with E-state index < -0.39 is 0 Å². The molecule has 8 aromatic rings. The van der Waals surface area contributed by atoms with E-state index in [0.29, 0.717) is 5.41 Å². The summed E-state index contributed by atoms with van der Waals surface area (Å²) in [6, 6.07) is 43.7. The summed E-state index contributed by atoms with van der Waals surface area (Å²) in [6.07, 6.45) is 6.63. The third-order valence-corrected chi connectivity index (χ3v) is 8.12. The molecule has 0 spiro atoms. The molecule has 0 bridgehead atoms. The zero-order valence-electron chi connectivity index (χ0n) is 27.4. The van der Waals surface area contributed by atoms with Crippen molar-refractivity contribution in [3.05, 3.63) is 151 Å². The summed E-state index contributed by atoms with van der Waals surface area (Å²) in [5, 5.41) is 4.33. The number of rotatable bonds is 4. The van der Waals surface area contributed by atoms with Crippen LogP contribution in [0.2, 0.25) is 0 Å². The average Bonchev–Trinajstić information content (AvgIpc) is 3.48. The summed E-state index contributed by atoms with van der Waals surface area (Å²) in [5.41, 5.74) is 10.5. The van der Waals surface area contributed by atoms with E-state index in [0.717, 1.165) is 67.3 Å². The monoisotopic (exact) mass is 802 g/mol. The molecule has 5 heteroatoms. The Morgan fingerprint density at radius 3 is 2.19 bits per heavy atom. The van der Waals surface area contributed by atoms with Crippen molar-refractivity contribution < 1.29 is 24.5 Å². The van der Waals surface area contributed by atoms with Crippen molar-refractivity contribution in [3.8, 4) is 33.6 Å². The van der Waals surface area contributed by atoms with E-state index in [1.54, 1.807) is 6.20 Å². The van der Waals surface area contributed by atoms with Gasteiger partial charge in [-0.3, -0.25) is 4.98 Å². The molecule has 0 saturated heterocycles. The van der Waals surface area contributed by atoms with Crippen LogP contribution in [-0.4, -0.2) is 15.0 Å². The van der Waals surface area contributed by atoms with Crippen molar-refractivity contribution in [1.29, 1.82) is 0 Å². The van der Waals surface area contributed by atoms with Crippen LogP contribution in [0.4, 0.5) is 0 Å². The zero-order valence-corrected chi connectivity index (χ0v) is 29.8. The van der Waals surface area contributed by atoms with E-state index in [1.807, 2.05) is 73.9 Å². The predicted molar refractivity (Wildman–Crippen MR) is 193 cm³/mol. The normalized spacial score (nSPS) is 11.2. The van der Waals surface area contributed by atoms with E-state index >= 15 is 0 Å². The number of fused-ring (bicyclic) bond motifs is 5. The van der Waals surface area contributed by atoms with Crippen molar-refractivity contribution in [3.63, 3.8) is 0 Å². The maximum atomic E-state index is 6.28. The van der Waals surface area contributed by atoms with Crippen LogP contribution in [0.1, 0.15) is 32.0 Å². The predicted octanol–water partition coefficient (Wildman–Crippen LogP) is 11.1. The van der Waals surface area contributed by atoms with Crippen LogP contribution in [0.3, 0.4) is 0 Å². The molecule has 4 aromatic carbocycles. The number of benzene rings is 4. The van der Waals surface area contributed by atoms with Crippen molar-refractivity contribution in [2.24, 2.45) is 5.41 Å². The summed E-state index contributed by atoms with van der Waals surface area (Å²) < 4.78 is 6.28. The van der Waals surface area contributed by atoms with Gasteiger partial charge in [-0.15, -0.1) is 54.1 Å². The first kappa shape index (κ1) is 33.0. The number of nitrogens with zero attached hydrogens (tertiary/aromatic N) is 3. The van der Waals surface area contributed by atoms with Crippen LogP contribution in [0, 0.1) is 24.5 Å². The molecule has 0 fully saturated rings. The quantitative estimate of drug-likeness (QED) is 0.166. The molecule has 4 aromatic heterocycles. The van der Waals surface area contributed by atoms with Crippen molar-refractivity contribution >= 4 is 32.7 Å². The Morgan fingerprint density at radius 2 is 1.44 bits per heavy atom. The molecule has 0 saturated carbocycles. The summed E-state index contributed by atoms with van der Waals surface area (Å²) in [5.74, 6) is 0. The fourth-order valence-electron chi connectivity index (χ4n) is 5.97. The Kier molecular flexibility index (Phi) is 9.63. The minimum absolute atomic E-state index is 0. The Hall–Kier alpha value is -4.96. The number of aromatic nitrogens is 3. The molecule has 0 aliphatic carbocycles. The third kappa shape index (κ3) is 7.13. The Balaban J connectivity index is 0.000000164. The first-order valence-electron chi connectivity index (χ1n) is 15.9. The van der Waals surface area contributed by atoms with Crippen LogP contribution < -0.4 is 0 Å². The number of hydrogen-bond donors (Lipinski definition) is 0.